The summed E-state index contributed by atoms with van der Waals surface area (Å²) in [7, 11) is 0. The number of aromatic nitrogens is 1. The number of phenols is 1. The number of nitrogens with one attached hydrogen (secondary N) is 1. The van der Waals surface area contributed by atoms with E-state index in [-0.39, 0.29) is 5.75 Å². The molecule has 0 saturated carbocycles. The molecule has 0 fully saturated rings. The highest BCUT2D eigenvalue weighted by atomic mass is 32.1. The van der Waals surface area contributed by atoms with E-state index in [1.165, 1.54) is 11.3 Å². The van der Waals surface area contributed by atoms with Gasteiger partial charge >= 0.3 is 0 Å². The standard InChI is InChI=1S/C18H17N3OS/c1-12-8-9-15(17(22)13(12)2)10-19-21-18-20-16(11-23-18)14-6-4-3-5-7-14/h3-11,22H,1-2H3,(H,20,21). The summed E-state index contributed by atoms with van der Waals surface area (Å²) in [4.78, 5) is 4.50. The van der Waals surface area contributed by atoms with Crippen molar-refractivity contribution in [3.8, 4) is 17.0 Å². The predicted octanol–water partition coefficient (Wildman–Crippen LogP) is 4.58. The highest BCUT2D eigenvalue weighted by Crippen LogP contribution is 2.25. The fraction of sp³-hybridized carbons (Fsp3) is 0.111. The third-order valence-electron chi connectivity index (χ3n) is 3.67. The quantitative estimate of drug-likeness (QED) is 0.546. The first kappa shape index (κ1) is 15.2. The second-order valence-corrected chi connectivity index (χ2v) is 6.08. The zero-order valence-corrected chi connectivity index (χ0v) is 13.8. The second kappa shape index (κ2) is 6.62. The van der Waals surface area contributed by atoms with Crippen molar-refractivity contribution in [1.29, 1.82) is 0 Å². The molecule has 0 unspecified atom stereocenters. The average molecular weight is 323 g/mol. The van der Waals surface area contributed by atoms with Crippen LogP contribution in [-0.4, -0.2) is 16.3 Å². The third-order valence-corrected chi connectivity index (χ3v) is 4.42. The van der Waals surface area contributed by atoms with Gasteiger partial charge in [0, 0.05) is 16.5 Å². The first-order chi connectivity index (χ1) is 11.1. The lowest BCUT2D eigenvalue weighted by Gasteiger charge is -2.05. The van der Waals surface area contributed by atoms with Crippen molar-refractivity contribution in [3.63, 3.8) is 0 Å². The smallest absolute Gasteiger partial charge is 0.203 e. The van der Waals surface area contributed by atoms with Crippen LogP contribution in [0.1, 0.15) is 16.7 Å². The van der Waals surface area contributed by atoms with Gasteiger partial charge in [0.25, 0.3) is 0 Å². The Morgan fingerprint density at radius 1 is 1.13 bits per heavy atom. The van der Waals surface area contributed by atoms with Gasteiger partial charge in [-0.3, -0.25) is 5.43 Å². The molecule has 23 heavy (non-hydrogen) atoms. The van der Waals surface area contributed by atoms with Gasteiger partial charge in [0.1, 0.15) is 5.75 Å². The van der Waals surface area contributed by atoms with E-state index in [1.54, 1.807) is 6.21 Å². The Morgan fingerprint density at radius 3 is 2.70 bits per heavy atom. The number of aryl methyl sites for hydroxylation is 1. The van der Waals surface area contributed by atoms with Crippen LogP contribution < -0.4 is 5.43 Å². The highest BCUT2D eigenvalue weighted by molar-refractivity contribution is 7.14. The first-order valence-corrected chi connectivity index (χ1v) is 8.12. The van der Waals surface area contributed by atoms with Crippen molar-refractivity contribution in [3.05, 3.63) is 64.5 Å². The number of hydrazone groups is 1. The molecular formula is C18H17N3OS. The number of anilines is 1. The minimum Gasteiger partial charge on any atom is -0.507 e. The van der Waals surface area contributed by atoms with Gasteiger partial charge < -0.3 is 5.11 Å². The molecule has 1 heterocycles. The van der Waals surface area contributed by atoms with E-state index in [9.17, 15) is 5.11 Å². The Morgan fingerprint density at radius 2 is 1.91 bits per heavy atom. The summed E-state index contributed by atoms with van der Waals surface area (Å²) in [6.45, 7) is 3.86. The fourth-order valence-corrected chi connectivity index (χ4v) is 2.82. The number of rotatable bonds is 4. The van der Waals surface area contributed by atoms with Crippen LogP contribution in [0.3, 0.4) is 0 Å². The molecule has 0 saturated heterocycles. The summed E-state index contributed by atoms with van der Waals surface area (Å²) in [6.07, 6.45) is 1.60. The maximum absolute atomic E-state index is 10.1. The molecule has 4 nitrogen and oxygen atoms in total. The topological polar surface area (TPSA) is 57.5 Å². The van der Waals surface area contributed by atoms with Gasteiger partial charge in [-0.05, 0) is 31.0 Å². The van der Waals surface area contributed by atoms with Crippen molar-refractivity contribution in [2.75, 3.05) is 5.43 Å². The molecule has 3 aromatic rings. The molecule has 5 heteroatoms. The summed E-state index contributed by atoms with van der Waals surface area (Å²) >= 11 is 1.49. The number of thiazole rings is 1. The van der Waals surface area contributed by atoms with Gasteiger partial charge in [-0.15, -0.1) is 11.3 Å². The summed E-state index contributed by atoms with van der Waals surface area (Å²) in [6, 6.07) is 13.8. The van der Waals surface area contributed by atoms with Gasteiger partial charge in [0.15, 0.2) is 0 Å². The molecule has 1 aromatic heterocycles. The molecule has 116 valence electrons. The predicted molar refractivity (Wildman–Crippen MR) is 96.3 cm³/mol. The zero-order chi connectivity index (χ0) is 16.2. The van der Waals surface area contributed by atoms with Crippen LogP contribution in [-0.2, 0) is 0 Å². The van der Waals surface area contributed by atoms with Gasteiger partial charge in [-0.25, -0.2) is 4.98 Å². The summed E-state index contributed by atoms with van der Waals surface area (Å²) in [5.41, 5.74) is 7.51. The third kappa shape index (κ3) is 3.40. The summed E-state index contributed by atoms with van der Waals surface area (Å²) in [5.74, 6) is 0.264. The normalized spacial score (nSPS) is 11.0. The molecule has 0 atom stereocenters. The Kier molecular flexibility index (Phi) is 4.39. The van der Waals surface area contributed by atoms with Crippen LogP contribution in [0.2, 0.25) is 0 Å². The monoisotopic (exact) mass is 323 g/mol. The average Bonchev–Trinajstić information content (AvgIpc) is 3.05. The zero-order valence-electron chi connectivity index (χ0n) is 12.9. The van der Waals surface area contributed by atoms with Crippen LogP contribution in [0, 0.1) is 13.8 Å². The van der Waals surface area contributed by atoms with E-state index >= 15 is 0 Å². The van der Waals surface area contributed by atoms with Gasteiger partial charge in [-0.1, -0.05) is 36.4 Å². The molecule has 3 rings (SSSR count). The van der Waals surface area contributed by atoms with E-state index < -0.39 is 0 Å². The minimum absolute atomic E-state index is 0.264. The molecule has 0 aliphatic carbocycles. The molecule has 0 spiro atoms. The van der Waals surface area contributed by atoms with Crippen molar-refractivity contribution in [1.82, 2.24) is 4.98 Å². The van der Waals surface area contributed by atoms with Crippen molar-refractivity contribution in [2.45, 2.75) is 13.8 Å². The summed E-state index contributed by atoms with van der Waals surface area (Å²) in [5, 5.41) is 17.0. The van der Waals surface area contributed by atoms with E-state index in [2.05, 4.69) is 15.5 Å². The largest absolute Gasteiger partial charge is 0.507 e. The van der Waals surface area contributed by atoms with Crippen LogP contribution in [0.5, 0.6) is 5.75 Å². The Hall–Kier alpha value is -2.66. The van der Waals surface area contributed by atoms with E-state index in [0.717, 1.165) is 22.4 Å². The second-order valence-electron chi connectivity index (χ2n) is 5.22. The van der Waals surface area contributed by atoms with Crippen molar-refractivity contribution < 1.29 is 5.11 Å². The molecule has 2 N–H and O–H groups in total. The lowest BCUT2D eigenvalue weighted by atomic mass is 10.1. The molecule has 0 aliphatic heterocycles. The molecule has 2 aromatic carbocycles. The van der Waals surface area contributed by atoms with E-state index in [0.29, 0.717) is 10.7 Å². The first-order valence-electron chi connectivity index (χ1n) is 7.24. The Labute approximate surface area is 139 Å². The number of benzene rings is 2. The molecule has 0 radical (unpaired) electrons. The van der Waals surface area contributed by atoms with Crippen LogP contribution in [0.25, 0.3) is 11.3 Å². The molecule has 0 aliphatic rings. The summed E-state index contributed by atoms with van der Waals surface area (Å²) < 4.78 is 0. The lowest BCUT2D eigenvalue weighted by Crippen LogP contribution is -1.93. The van der Waals surface area contributed by atoms with Gasteiger partial charge in [0.05, 0.1) is 11.9 Å². The fourth-order valence-electron chi connectivity index (χ4n) is 2.15. The van der Waals surface area contributed by atoms with Gasteiger partial charge in [0.2, 0.25) is 5.13 Å². The Bertz CT molecular complexity index is 841. The van der Waals surface area contributed by atoms with Crippen LogP contribution >= 0.6 is 11.3 Å². The molecule has 0 bridgehead atoms. The van der Waals surface area contributed by atoms with Crippen molar-refractivity contribution >= 4 is 22.7 Å². The van der Waals surface area contributed by atoms with Gasteiger partial charge in [-0.2, -0.15) is 5.10 Å². The van der Waals surface area contributed by atoms with E-state index in [4.69, 9.17) is 0 Å². The number of hydrogen-bond acceptors (Lipinski definition) is 5. The molecular weight excluding hydrogens is 306 g/mol. The van der Waals surface area contributed by atoms with Crippen LogP contribution in [0.15, 0.2) is 52.9 Å². The number of phenolic OH excluding ortho intramolecular Hbond substituents is 1. The maximum Gasteiger partial charge on any atom is 0.203 e. The number of hydrogen-bond donors (Lipinski definition) is 2. The highest BCUT2D eigenvalue weighted by Gasteiger charge is 2.05. The Balaban J connectivity index is 1.72. The SMILES string of the molecule is Cc1ccc(C=NNc2nc(-c3ccccc3)cs2)c(O)c1C. The van der Waals surface area contributed by atoms with E-state index in [1.807, 2.05) is 61.7 Å². The number of aromatic hydroxyl groups is 1. The number of nitrogens with zero attached hydrogens (tertiary/aromatic N) is 2. The van der Waals surface area contributed by atoms with Crippen molar-refractivity contribution in [2.24, 2.45) is 5.10 Å². The lowest BCUT2D eigenvalue weighted by molar-refractivity contribution is 0.469. The molecule has 0 amide bonds. The van der Waals surface area contributed by atoms with Crippen LogP contribution in [0.4, 0.5) is 5.13 Å². The minimum atomic E-state index is 0.264. The maximum atomic E-state index is 10.1.